The van der Waals surface area contributed by atoms with Crippen molar-refractivity contribution in [3.8, 4) is 5.75 Å². The number of carbonyl (C=O) groups excluding carboxylic acids is 1. The first-order chi connectivity index (χ1) is 13.8. The Labute approximate surface area is 166 Å². The minimum Gasteiger partial charge on any atom is -0.474 e. The van der Waals surface area contributed by atoms with Gasteiger partial charge in [0.2, 0.25) is 5.95 Å². The first-order valence-corrected chi connectivity index (χ1v) is 8.95. The zero-order chi connectivity index (χ0) is 20.6. The summed E-state index contributed by atoms with van der Waals surface area (Å²) in [5.41, 5.74) is 0.914. The zero-order valence-electron chi connectivity index (χ0n) is 16.1. The molecule has 29 heavy (non-hydrogen) atoms. The van der Waals surface area contributed by atoms with Gasteiger partial charge in [-0.3, -0.25) is 4.79 Å². The Kier molecular flexibility index (Phi) is 4.50. The third-order valence-electron chi connectivity index (χ3n) is 4.30. The Hall–Kier alpha value is -3.75. The van der Waals surface area contributed by atoms with Crippen molar-refractivity contribution in [1.82, 2.24) is 15.0 Å². The fourth-order valence-corrected chi connectivity index (χ4v) is 2.67. The van der Waals surface area contributed by atoms with E-state index in [4.69, 9.17) is 4.74 Å². The normalized spacial score (nSPS) is 14.4. The molecule has 0 fully saturated rings. The van der Waals surface area contributed by atoms with E-state index in [1.165, 1.54) is 0 Å². The van der Waals surface area contributed by atoms with E-state index in [2.05, 4.69) is 30.9 Å². The van der Waals surface area contributed by atoms with E-state index in [-0.39, 0.29) is 23.5 Å². The number of hydrogen-bond acceptors (Lipinski definition) is 7. The number of hydrogen-bond donors (Lipinski definition) is 3. The number of benzene rings is 1. The van der Waals surface area contributed by atoms with E-state index in [9.17, 15) is 9.18 Å². The van der Waals surface area contributed by atoms with E-state index in [1.807, 2.05) is 31.2 Å². The standard InChI is InChI=1S/C20H19FN6O2/c1-11-4-6-12(7-5-11)23-19-22-10-13(21)16(27-19)24-15-9-8-14-17(25-15)26-18(28)20(2,3)29-14/h4-10H,1-3H3,(H3,22,23,24,25,26,27,28). The predicted molar refractivity (Wildman–Crippen MR) is 107 cm³/mol. The topological polar surface area (TPSA) is 101 Å². The average Bonchev–Trinajstić information content (AvgIpc) is 2.67. The van der Waals surface area contributed by atoms with Crippen molar-refractivity contribution in [2.24, 2.45) is 0 Å². The maximum atomic E-state index is 14.2. The van der Waals surface area contributed by atoms with Crippen LogP contribution in [0.25, 0.3) is 0 Å². The van der Waals surface area contributed by atoms with Gasteiger partial charge in [0.25, 0.3) is 5.91 Å². The number of carbonyl (C=O) groups is 1. The lowest BCUT2D eigenvalue weighted by atomic mass is 10.1. The van der Waals surface area contributed by atoms with Crippen LogP contribution in [0.1, 0.15) is 19.4 Å². The Bertz CT molecular complexity index is 1080. The summed E-state index contributed by atoms with van der Waals surface area (Å²) in [5.74, 6) is 0.218. The van der Waals surface area contributed by atoms with Crippen molar-refractivity contribution >= 4 is 35.0 Å². The second-order valence-corrected chi connectivity index (χ2v) is 7.12. The monoisotopic (exact) mass is 394 g/mol. The number of aryl methyl sites for hydroxylation is 1. The van der Waals surface area contributed by atoms with Crippen molar-refractivity contribution in [3.63, 3.8) is 0 Å². The summed E-state index contributed by atoms with van der Waals surface area (Å²) in [6.07, 6.45) is 1.07. The largest absolute Gasteiger partial charge is 0.474 e. The molecule has 3 aromatic rings. The van der Waals surface area contributed by atoms with Crippen molar-refractivity contribution in [1.29, 1.82) is 0 Å². The summed E-state index contributed by atoms with van der Waals surface area (Å²) in [7, 11) is 0. The average molecular weight is 394 g/mol. The minimum absolute atomic E-state index is 0.0505. The van der Waals surface area contributed by atoms with Gasteiger partial charge in [0, 0.05) is 5.69 Å². The molecule has 8 nitrogen and oxygen atoms in total. The molecule has 4 rings (SSSR count). The lowest BCUT2D eigenvalue weighted by Gasteiger charge is -2.30. The molecule has 3 N–H and O–H groups in total. The maximum Gasteiger partial charge on any atom is 0.269 e. The molecule has 0 unspecified atom stereocenters. The van der Waals surface area contributed by atoms with Gasteiger partial charge in [-0.15, -0.1) is 0 Å². The summed E-state index contributed by atoms with van der Waals surface area (Å²) >= 11 is 0. The van der Waals surface area contributed by atoms with Gasteiger partial charge in [0.15, 0.2) is 28.8 Å². The van der Waals surface area contributed by atoms with Gasteiger partial charge in [0.05, 0.1) is 6.20 Å². The highest BCUT2D eigenvalue weighted by Gasteiger charge is 2.36. The molecule has 0 aliphatic carbocycles. The fourth-order valence-electron chi connectivity index (χ4n) is 2.67. The second-order valence-electron chi connectivity index (χ2n) is 7.12. The molecule has 1 aromatic carbocycles. The van der Waals surface area contributed by atoms with E-state index in [0.29, 0.717) is 11.6 Å². The van der Waals surface area contributed by atoms with Gasteiger partial charge >= 0.3 is 0 Å². The summed E-state index contributed by atoms with van der Waals surface area (Å²) in [6.45, 7) is 5.31. The second kappa shape index (κ2) is 7.01. The van der Waals surface area contributed by atoms with Crippen molar-refractivity contribution in [3.05, 3.63) is 54.0 Å². The third kappa shape index (κ3) is 3.93. The number of fused-ring (bicyclic) bond motifs is 1. The molecule has 9 heteroatoms. The molecule has 2 aromatic heterocycles. The quantitative estimate of drug-likeness (QED) is 0.617. The van der Waals surface area contributed by atoms with Gasteiger partial charge in [-0.05, 0) is 45.0 Å². The van der Waals surface area contributed by atoms with E-state index in [1.54, 1.807) is 26.0 Å². The number of amides is 1. The van der Waals surface area contributed by atoms with Crippen LogP contribution < -0.4 is 20.7 Å². The van der Waals surface area contributed by atoms with E-state index >= 15 is 0 Å². The molecule has 1 aliphatic heterocycles. The van der Waals surface area contributed by atoms with Crippen LogP contribution in [0.5, 0.6) is 5.75 Å². The molecule has 148 valence electrons. The third-order valence-corrected chi connectivity index (χ3v) is 4.30. The van der Waals surface area contributed by atoms with Crippen molar-refractivity contribution in [2.75, 3.05) is 16.0 Å². The molecule has 3 heterocycles. The minimum atomic E-state index is -0.987. The van der Waals surface area contributed by atoms with Crippen LogP contribution >= 0.6 is 0 Å². The first kappa shape index (κ1) is 18.6. The van der Waals surface area contributed by atoms with E-state index in [0.717, 1.165) is 17.4 Å². The molecule has 0 bridgehead atoms. The SMILES string of the molecule is Cc1ccc(Nc2ncc(F)c(Nc3ccc4c(n3)NC(=O)C(C)(C)O4)n2)cc1. The van der Waals surface area contributed by atoms with Gasteiger partial charge in [-0.25, -0.2) is 14.4 Å². The predicted octanol–water partition coefficient (Wildman–Crippen LogP) is 3.92. The lowest BCUT2D eigenvalue weighted by Crippen LogP contribution is -2.46. The highest BCUT2D eigenvalue weighted by molar-refractivity contribution is 5.99. The Morgan fingerprint density at radius 3 is 2.59 bits per heavy atom. The molecule has 0 radical (unpaired) electrons. The molecule has 0 saturated heterocycles. The lowest BCUT2D eigenvalue weighted by molar-refractivity contribution is -0.129. The van der Waals surface area contributed by atoms with Gasteiger partial charge in [-0.1, -0.05) is 17.7 Å². The number of rotatable bonds is 4. The number of nitrogens with one attached hydrogen (secondary N) is 3. The van der Waals surface area contributed by atoms with E-state index < -0.39 is 11.4 Å². The van der Waals surface area contributed by atoms with Gasteiger partial charge in [0.1, 0.15) is 5.82 Å². The number of aromatic nitrogens is 3. The number of halogens is 1. The number of nitrogens with zero attached hydrogens (tertiary/aromatic N) is 3. The summed E-state index contributed by atoms with van der Waals surface area (Å²) in [4.78, 5) is 24.5. The Balaban J connectivity index is 1.56. The molecule has 1 aliphatic rings. The van der Waals surface area contributed by atoms with Crippen LogP contribution in [-0.2, 0) is 4.79 Å². The summed E-state index contributed by atoms with van der Waals surface area (Å²) in [6, 6.07) is 10.9. The molecule has 0 saturated carbocycles. The number of pyridine rings is 1. The van der Waals surface area contributed by atoms with Crippen molar-refractivity contribution in [2.45, 2.75) is 26.4 Å². The molecule has 1 amide bonds. The maximum absolute atomic E-state index is 14.2. The Morgan fingerprint density at radius 1 is 1.07 bits per heavy atom. The van der Waals surface area contributed by atoms with Crippen LogP contribution in [0, 0.1) is 12.7 Å². The van der Waals surface area contributed by atoms with Gasteiger partial charge < -0.3 is 20.7 Å². The van der Waals surface area contributed by atoms with Crippen LogP contribution in [-0.4, -0.2) is 26.5 Å². The number of ether oxygens (including phenoxy) is 1. The van der Waals surface area contributed by atoms with Gasteiger partial charge in [-0.2, -0.15) is 4.98 Å². The summed E-state index contributed by atoms with van der Waals surface area (Å²) in [5, 5.41) is 8.52. The fraction of sp³-hybridized carbons (Fsp3) is 0.200. The molecule has 0 spiro atoms. The smallest absolute Gasteiger partial charge is 0.269 e. The summed E-state index contributed by atoms with van der Waals surface area (Å²) < 4.78 is 19.9. The van der Waals surface area contributed by atoms with Crippen LogP contribution in [0.15, 0.2) is 42.6 Å². The molecule has 0 atom stereocenters. The van der Waals surface area contributed by atoms with Crippen molar-refractivity contribution < 1.29 is 13.9 Å². The Morgan fingerprint density at radius 2 is 1.83 bits per heavy atom. The van der Waals surface area contributed by atoms with Crippen LogP contribution in [0.3, 0.4) is 0 Å². The number of anilines is 5. The van der Waals surface area contributed by atoms with Crippen LogP contribution in [0.4, 0.5) is 33.5 Å². The zero-order valence-corrected chi connectivity index (χ0v) is 16.1. The van der Waals surface area contributed by atoms with Crippen LogP contribution in [0.2, 0.25) is 0 Å². The molecular weight excluding hydrogens is 375 g/mol. The molecular formula is C20H19FN6O2. The highest BCUT2D eigenvalue weighted by atomic mass is 19.1. The highest BCUT2D eigenvalue weighted by Crippen LogP contribution is 2.33. The first-order valence-electron chi connectivity index (χ1n) is 8.95.